The molecule has 4 heteroatoms. The summed E-state index contributed by atoms with van der Waals surface area (Å²) in [5.41, 5.74) is 7.02. The van der Waals surface area contributed by atoms with Crippen LogP contribution in [-0.2, 0) is 11.3 Å². The molecule has 0 spiro atoms. The lowest BCUT2D eigenvalue weighted by atomic mass is 10.0. The molecule has 1 amide bonds. The van der Waals surface area contributed by atoms with Gasteiger partial charge in [0.15, 0.2) is 0 Å². The fourth-order valence-electron chi connectivity index (χ4n) is 2.57. The van der Waals surface area contributed by atoms with Gasteiger partial charge in [0.1, 0.15) is 0 Å². The summed E-state index contributed by atoms with van der Waals surface area (Å²) < 4.78 is 5.82. The van der Waals surface area contributed by atoms with Crippen molar-refractivity contribution in [3.8, 4) is 0 Å². The maximum absolute atomic E-state index is 12.5. The molecular formula is C15H22N2O2. The van der Waals surface area contributed by atoms with Crippen LogP contribution in [0.15, 0.2) is 24.3 Å². The lowest BCUT2D eigenvalue weighted by Gasteiger charge is -2.41. The normalized spacial score (nSPS) is 22.3. The van der Waals surface area contributed by atoms with E-state index in [2.05, 4.69) is 0 Å². The Morgan fingerprint density at radius 2 is 2.05 bits per heavy atom. The third-order valence-electron chi connectivity index (χ3n) is 3.29. The van der Waals surface area contributed by atoms with Crippen molar-refractivity contribution in [2.75, 3.05) is 13.1 Å². The highest BCUT2D eigenvalue weighted by Gasteiger charge is 2.33. The van der Waals surface area contributed by atoms with Gasteiger partial charge in [-0.25, -0.2) is 0 Å². The van der Waals surface area contributed by atoms with Crippen LogP contribution >= 0.6 is 0 Å². The zero-order valence-electron chi connectivity index (χ0n) is 11.8. The molecule has 19 heavy (non-hydrogen) atoms. The van der Waals surface area contributed by atoms with Crippen LogP contribution in [0.3, 0.4) is 0 Å². The lowest BCUT2D eigenvalue weighted by molar-refractivity contribution is -0.118. The molecule has 4 nitrogen and oxygen atoms in total. The second-order valence-electron chi connectivity index (χ2n) is 5.77. The molecular weight excluding hydrogens is 240 g/mol. The van der Waals surface area contributed by atoms with Gasteiger partial charge in [-0.15, -0.1) is 0 Å². The molecule has 0 bridgehead atoms. The third kappa shape index (κ3) is 3.33. The molecule has 0 aromatic heterocycles. The van der Waals surface area contributed by atoms with E-state index in [0.717, 1.165) is 5.56 Å². The molecule has 1 aliphatic heterocycles. The standard InChI is InChI=1S/C15H22N2O2/c1-11-9-17(10-15(2,3)19-11)14(18)13-6-4-12(8-16)5-7-13/h4-7,11H,8-10,16H2,1-3H3/t11-/m0/s1. The molecule has 1 aliphatic rings. The number of nitrogens with two attached hydrogens (primary N) is 1. The van der Waals surface area contributed by atoms with Gasteiger partial charge >= 0.3 is 0 Å². The lowest BCUT2D eigenvalue weighted by Crippen LogP contribution is -2.53. The Morgan fingerprint density at radius 1 is 1.42 bits per heavy atom. The fourth-order valence-corrected chi connectivity index (χ4v) is 2.57. The topological polar surface area (TPSA) is 55.6 Å². The predicted molar refractivity (Wildman–Crippen MR) is 74.9 cm³/mol. The van der Waals surface area contributed by atoms with Crippen LogP contribution in [0.4, 0.5) is 0 Å². The summed E-state index contributed by atoms with van der Waals surface area (Å²) in [6, 6.07) is 7.50. The smallest absolute Gasteiger partial charge is 0.254 e. The molecule has 1 fully saturated rings. The van der Waals surface area contributed by atoms with E-state index >= 15 is 0 Å². The van der Waals surface area contributed by atoms with E-state index in [1.54, 1.807) is 0 Å². The van der Waals surface area contributed by atoms with Gasteiger partial charge in [-0.2, -0.15) is 0 Å². The average Bonchev–Trinajstić information content (AvgIpc) is 2.35. The first-order chi connectivity index (χ1) is 8.91. The van der Waals surface area contributed by atoms with Crippen molar-refractivity contribution in [3.63, 3.8) is 0 Å². The second kappa shape index (κ2) is 5.31. The van der Waals surface area contributed by atoms with Gasteiger partial charge in [-0.1, -0.05) is 12.1 Å². The Hall–Kier alpha value is -1.39. The van der Waals surface area contributed by atoms with Crippen molar-refractivity contribution in [1.82, 2.24) is 4.90 Å². The first-order valence-corrected chi connectivity index (χ1v) is 6.67. The molecule has 1 aromatic rings. The first-order valence-electron chi connectivity index (χ1n) is 6.67. The average molecular weight is 262 g/mol. The Bertz CT molecular complexity index is 454. The predicted octanol–water partition coefficient (Wildman–Crippen LogP) is 1.78. The summed E-state index contributed by atoms with van der Waals surface area (Å²) in [4.78, 5) is 14.3. The number of benzene rings is 1. The highest BCUT2D eigenvalue weighted by atomic mass is 16.5. The Morgan fingerprint density at radius 3 is 2.58 bits per heavy atom. The van der Waals surface area contributed by atoms with Crippen LogP contribution in [0.5, 0.6) is 0 Å². The summed E-state index contributed by atoms with van der Waals surface area (Å²) in [6.45, 7) is 7.78. The Labute approximate surface area is 114 Å². The Kier molecular flexibility index (Phi) is 3.92. The number of hydrogen-bond donors (Lipinski definition) is 1. The van der Waals surface area contributed by atoms with Crippen molar-refractivity contribution >= 4 is 5.91 Å². The van der Waals surface area contributed by atoms with Crippen molar-refractivity contribution in [2.45, 2.75) is 39.0 Å². The number of amides is 1. The SMILES string of the molecule is C[C@H]1CN(C(=O)c2ccc(CN)cc2)CC(C)(C)O1. The molecule has 104 valence electrons. The number of ether oxygens (including phenoxy) is 1. The Balaban J connectivity index is 2.14. The molecule has 0 saturated carbocycles. The highest BCUT2D eigenvalue weighted by molar-refractivity contribution is 5.94. The maximum atomic E-state index is 12.5. The molecule has 0 radical (unpaired) electrons. The van der Waals surface area contributed by atoms with Crippen LogP contribution in [-0.4, -0.2) is 35.6 Å². The first kappa shape index (κ1) is 14.0. The molecule has 1 atom stereocenters. The minimum Gasteiger partial charge on any atom is -0.369 e. The zero-order valence-corrected chi connectivity index (χ0v) is 11.8. The van der Waals surface area contributed by atoms with Crippen molar-refractivity contribution < 1.29 is 9.53 Å². The van der Waals surface area contributed by atoms with Gasteiger partial charge in [-0.3, -0.25) is 4.79 Å². The van der Waals surface area contributed by atoms with Crippen molar-refractivity contribution in [2.24, 2.45) is 5.73 Å². The van der Waals surface area contributed by atoms with E-state index in [-0.39, 0.29) is 17.6 Å². The quantitative estimate of drug-likeness (QED) is 0.884. The van der Waals surface area contributed by atoms with E-state index < -0.39 is 0 Å². The summed E-state index contributed by atoms with van der Waals surface area (Å²) in [5.74, 6) is 0.0618. The monoisotopic (exact) mass is 262 g/mol. The summed E-state index contributed by atoms with van der Waals surface area (Å²) in [5, 5.41) is 0. The van der Waals surface area contributed by atoms with Gasteiger partial charge in [0.05, 0.1) is 11.7 Å². The molecule has 1 heterocycles. The minimum absolute atomic E-state index is 0.0618. The van der Waals surface area contributed by atoms with E-state index in [9.17, 15) is 4.79 Å². The molecule has 0 unspecified atom stereocenters. The summed E-state index contributed by atoms with van der Waals surface area (Å²) in [6.07, 6.45) is 0.0658. The van der Waals surface area contributed by atoms with Gasteiger partial charge in [0, 0.05) is 25.2 Å². The van der Waals surface area contributed by atoms with Crippen LogP contribution in [0.2, 0.25) is 0 Å². The van der Waals surface area contributed by atoms with Crippen LogP contribution in [0, 0.1) is 0 Å². The number of rotatable bonds is 2. The number of carbonyl (C=O) groups is 1. The van der Waals surface area contributed by atoms with E-state index in [1.807, 2.05) is 49.9 Å². The molecule has 1 saturated heterocycles. The van der Waals surface area contributed by atoms with Gasteiger partial charge in [0.25, 0.3) is 5.91 Å². The number of morpholine rings is 1. The number of carbonyl (C=O) groups excluding carboxylic acids is 1. The molecule has 0 aliphatic carbocycles. The summed E-state index contributed by atoms with van der Waals surface area (Å²) >= 11 is 0. The van der Waals surface area contributed by atoms with Crippen LogP contribution < -0.4 is 5.73 Å². The van der Waals surface area contributed by atoms with Gasteiger partial charge in [-0.05, 0) is 38.5 Å². The van der Waals surface area contributed by atoms with E-state index in [0.29, 0.717) is 25.2 Å². The van der Waals surface area contributed by atoms with Crippen LogP contribution in [0.25, 0.3) is 0 Å². The van der Waals surface area contributed by atoms with E-state index in [1.165, 1.54) is 0 Å². The molecule has 2 rings (SSSR count). The number of nitrogens with zero attached hydrogens (tertiary/aromatic N) is 1. The van der Waals surface area contributed by atoms with Gasteiger partial charge < -0.3 is 15.4 Å². The van der Waals surface area contributed by atoms with Crippen molar-refractivity contribution in [1.29, 1.82) is 0 Å². The highest BCUT2D eigenvalue weighted by Crippen LogP contribution is 2.22. The van der Waals surface area contributed by atoms with E-state index in [4.69, 9.17) is 10.5 Å². The fraction of sp³-hybridized carbons (Fsp3) is 0.533. The molecule has 2 N–H and O–H groups in total. The third-order valence-corrected chi connectivity index (χ3v) is 3.29. The van der Waals surface area contributed by atoms with Crippen molar-refractivity contribution in [3.05, 3.63) is 35.4 Å². The van der Waals surface area contributed by atoms with Crippen LogP contribution in [0.1, 0.15) is 36.7 Å². The minimum atomic E-state index is -0.287. The number of hydrogen-bond acceptors (Lipinski definition) is 3. The second-order valence-corrected chi connectivity index (χ2v) is 5.77. The summed E-state index contributed by atoms with van der Waals surface area (Å²) in [7, 11) is 0. The largest absolute Gasteiger partial charge is 0.369 e. The zero-order chi connectivity index (χ0) is 14.0. The molecule has 1 aromatic carbocycles. The maximum Gasteiger partial charge on any atom is 0.254 e. The van der Waals surface area contributed by atoms with Gasteiger partial charge in [0.2, 0.25) is 0 Å².